The summed E-state index contributed by atoms with van der Waals surface area (Å²) in [5, 5.41) is 6.70. The monoisotopic (exact) mass is 424 g/mol. The summed E-state index contributed by atoms with van der Waals surface area (Å²) in [5.74, 6) is 1.03. The van der Waals surface area contributed by atoms with Gasteiger partial charge in [0, 0.05) is 5.70 Å². The average molecular weight is 425 g/mol. The number of rotatable bonds is 8. The number of allylic oxidation sites excluding steroid dienone is 1. The SMILES string of the molecule is CC1=C(C(=O)OCc2ccccc2)C(c2ccc(OCCC(C)C)cc2)NC(=S)N1. The van der Waals surface area contributed by atoms with E-state index in [4.69, 9.17) is 21.7 Å². The molecule has 1 heterocycles. The average Bonchev–Trinajstić information content (AvgIpc) is 2.72. The number of carbonyl (C=O) groups excluding carboxylic acids is 1. The fourth-order valence-corrected chi connectivity index (χ4v) is 3.46. The van der Waals surface area contributed by atoms with Crippen LogP contribution in [0.2, 0.25) is 0 Å². The molecule has 0 aromatic heterocycles. The van der Waals surface area contributed by atoms with Crippen LogP contribution in [0.25, 0.3) is 0 Å². The second-order valence-corrected chi connectivity index (χ2v) is 8.14. The molecule has 158 valence electrons. The van der Waals surface area contributed by atoms with Gasteiger partial charge in [0.1, 0.15) is 12.4 Å². The maximum atomic E-state index is 12.9. The van der Waals surface area contributed by atoms with Gasteiger partial charge in [-0.2, -0.15) is 0 Å². The minimum Gasteiger partial charge on any atom is -0.494 e. The first kappa shape index (κ1) is 21.8. The molecule has 2 aromatic rings. The summed E-state index contributed by atoms with van der Waals surface area (Å²) in [6.07, 6.45) is 1.01. The smallest absolute Gasteiger partial charge is 0.338 e. The number of esters is 1. The largest absolute Gasteiger partial charge is 0.494 e. The van der Waals surface area contributed by atoms with Crippen molar-refractivity contribution >= 4 is 23.3 Å². The van der Waals surface area contributed by atoms with Crippen molar-refractivity contribution in [3.05, 3.63) is 77.0 Å². The summed E-state index contributed by atoms with van der Waals surface area (Å²) < 4.78 is 11.4. The van der Waals surface area contributed by atoms with Crippen molar-refractivity contribution < 1.29 is 14.3 Å². The van der Waals surface area contributed by atoms with E-state index in [0.717, 1.165) is 23.3 Å². The van der Waals surface area contributed by atoms with Crippen LogP contribution < -0.4 is 15.4 Å². The standard InChI is InChI=1S/C24H28N2O3S/c1-16(2)13-14-28-20-11-9-19(10-12-20)22-21(17(3)25-24(30)26-22)23(27)29-15-18-7-5-4-6-8-18/h4-12,16,22H,13-15H2,1-3H3,(H2,25,26,30). The molecule has 0 amide bonds. The number of ether oxygens (including phenoxy) is 2. The molecule has 0 aliphatic carbocycles. The summed E-state index contributed by atoms with van der Waals surface area (Å²) in [4.78, 5) is 12.9. The van der Waals surface area contributed by atoms with Crippen LogP contribution in [-0.4, -0.2) is 17.7 Å². The minimum absolute atomic E-state index is 0.219. The molecule has 0 spiro atoms. The van der Waals surface area contributed by atoms with Crippen LogP contribution in [0.3, 0.4) is 0 Å². The Morgan fingerprint density at radius 2 is 1.80 bits per heavy atom. The summed E-state index contributed by atoms with van der Waals surface area (Å²) in [6, 6.07) is 17.0. The summed E-state index contributed by atoms with van der Waals surface area (Å²) in [6.45, 7) is 7.08. The number of hydrogen-bond donors (Lipinski definition) is 2. The quantitative estimate of drug-likeness (QED) is 0.475. The Kier molecular flexibility index (Phi) is 7.46. The van der Waals surface area contributed by atoms with Gasteiger partial charge in [0.15, 0.2) is 5.11 Å². The Bertz CT molecular complexity index is 908. The Labute approximate surface area is 183 Å². The summed E-state index contributed by atoms with van der Waals surface area (Å²) >= 11 is 5.31. The molecule has 6 heteroatoms. The van der Waals surface area contributed by atoms with E-state index >= 15 is 0 Å². The zero-order valence-electron chi connectivity index (χ0n) is 17.6. The fraction of sp³-hybridized carbons (Fsp3) is 0.333. The zero-order valence-corrected chi connectivity index (χ0v) is 18.4. The third kappa shape index (κ3) is 5.83. The minimum atomic E-state index is -0.383. The van der Waals surface area contributed by atoms with Crippen LogP contribution in [0, 0.1) is 5.92 Å². The molecule has 1 atom stereocenters. The van der Waals surface area contributed by atoms with Crippen molar-refractivity contribution in [3.63, 3.8) is 0 Å². The summed E-state index contributed by atoms with van der Waals surface area (Å²) in [7, 11) is 0. The van der Waals surface area contributed by atoms with Crippen LogP contribution in [0.4, 0.5) is 0 Å². The van der Waals surface area contributed by atoms with Crippen LogP contribution >= 0.6 is 12.2 Å². The lowest BCUT2D eigenvalue weighted by atomic mass is 9.95. The van der Waals surface area contributed by atoms with Crippen LogP contribution in [-0.2, 0) is 16.1 Å². The molecule has 2 N–H and O–H groups in total. The van der Waals surface area contributed by atoms with Crippen molar-refractivity contribution in [1.82, 2.24) is 10.6 Å². The molecule has 3 rings (SSSR count). The van der Waals surface area contributed by atoms with Crippen molar-refractivity contribution in [2.45, 2.75) is 39.8 Å². The molecular formula is C24H28N2O3S. The van der Waals surface area contributed by atoms with Gasteiger partial charge in [-0.1, -0.05) is 56.3 Å². The first-order valence-electron chi connectivity index (χ1n) is 10.2. The second-order valence-electron chi connectivity index (χ2n) is 7.73. The van der Waals surface area contributed by atoms with E-state index in [1.54, 1.807) is 0 Å². The Morgan fingerprint density at radius 1 is 1.10 bits per heavy atom. The molecule has 1 aliphatic rings. The van der Waals surface area contributed by atoms with Gasteiger partial charge in [-0.15, -0.1) is 0 Å². The molecule has 5 nitrogen and oxygen atoms in total. The molecule has 0 saturated heterocycles. The van der Waals surface area contributed by atoms with Gasteiger partial charge in [0.05, 0.1) is 18.2 Å². The van der Waals surface area contributed by atoms with Crippen molar-refractivity contribution in [2.75, 3.05) is 6.61 Å². The third-order valence-electron chi connectivity index (χ3n) is 4.88. The van der Waals surface area contributed by atoms with Crippen LogP contribution in [0.15, 0.2) is 65.9 Å². The van der Waals surface area contributed by atoms with E-state index in [-0.39, 0.29) is 18.6 Å². The van der Waals surface area contributed by atoms with Gasteiger partial charge in [-0.05, 0) is 54.7 Å². The lowest BCUT2D eigenvalue weighted by Crippen LogP contribution is -2.45. The Morgan fingerprint density at radius 3 is 2.47 bits per heavy atom. The van der Waals surface area contributed by atoms with Gasteiger partial charge in [-0.25, -0.2) is 4.79 Å². The highest BCUT2D eigenvalue weighted by Gasteiger charge is 2.31. The van der Waals surface area contributed by atoms with E-state index in [1.807, 2.05) is 61.5 Å². The van der Waals surface area contributed by atoms with E-state index < -0.39 is 0 Å². The normalized spacial score (nSPS) is 16.1. The third-order valence-corrected chi connectivity index (χ3v) is 5.10. The lowest BCUT2D eigenvalue weighted by molar-refractivity contribution is -0.140. The van der Waals surface area contributed by atoms with Gasteiger partial charge >= 0.3 is 5.97 Å². The number of carbonyl (C=O) groups is 1. The molecule has 0 fully saturated rings. The Hall–Kier alpha value is -2.86. The predicted molar refractivity (Wildman–Crippen MR) is 122 cm³/mol. The van der Waals surface area contributed by atoms with Gasteiger partial charge in [0.25, 0.3) is 0 Å². The fourth-order valence-electron chi connectivity index (χ4n) is 3.18. The molecule has 0 saturated carbocycles. The Balaban J connectivity index is 1.73. The highest BCUT2D eigenvalue weighted by atomic mass is 32.1. The molecule has 0 radical (unpaired) electrons. The van der Waals surface area contributed by atoms with Crippen molar-refractivity contribution in [2.24, 2.45) is 5.92 Å². The predicted octanol–water partition coefficient (Wildman–Crippen LogP) is 4.65. The number of hydrogen-bond acceptors (Lipinski definition) is 4. The van der Waals surface area contributed by atoms with Gasteiger partial charge in [-0.3, -0.25) is 0 Å². The van der Waals surface area contributed by atoms with Gasteiger partial charge in [0.2, 0.25) is 0 Å². The molecular weight excluding hydrogens is 396 g/mol. The lowest BCUT2D eigenvalue weighted by Gasteiger charge is -2.30. The second kappa shape index (κ2) is 10.3. The number of benzene rings is 2. The molecule has 2 aromatic carbocycles. The van der Waals surface area contributed by atoms with E-state index in [2.05, 4.69) is 24.5 Å². The number of nitrogens with one attached hydrogen (secondary N) is 2. The van der Waals surface area contributed by atoms with E-state index in [1.165, 1.54) is 0 Å². The molecule has 0 bridgehead atoms. The maximum absolute atomic E-state index is 12.9. The highest BCUT2D eigenvalue weighted by Crippen LogP contribution is 2.29. The first-order valence-corrected chi connectivity index (χ1v) is 10.6. The first-order chi connectivity index (χ1) is 14.4. The van der Waals surface area contributed by atoms with Gasteiger partial charge < -0.3 is 20.1 Å². The maximum Gasteiger partial charge on any atom is 0.338 e. The van der Waals surface area contributed by atoms with E-state index in [9.17, 15) is 4.79 Å². The van der Waals surface area contributed by atoms with Crippen molar-refractivity contribution in [1.29, 1.82) is 0 Å². The van der Waals surface area contributed by atoms with E-state index in [0.29, 0.717) is 28.9 Å². The number of thiocarbonyl (C=S) groups is 1. The summed E-state index contributed by atoms with van der Waals surface area (Å²) in [5.41, 5.74) is 3.07. The van der Waals surface area contributed by atoms with Crippen LogP contribution in [0.5, 0.6) is 5.75 Å². The van der Waals surface area contributed by atoms with Crippen LogP contribution in [0.1, 0.15) is 44.4 Å². The molecule has 1 aliphatic heterocycles. The molecule has 1 unspecified atom stereocenters. The van der Waals surface area contributed by atoms with Crippen molar-refractivity contribution in [3.8, 4) is 5.75 Å². The zero-order chi connectivity index (χ0) is 21.5. The molecule has 30 heavy (non-hydrogen) atoms. The topological polar surface area (TPSA) is 59.6 Å². The highest BCUT2D eigenvalue weighted by molar-refractivity contribution is 7.80.